The highest BCUT2D eigenvalue weighted by Crippen LogP contribution is 2.30. The van der Waals surface area contributed by atoms with Crippen molar-refractivity contribution in [3.05, 3.63) is 65.3 Å². The summed E-state index contributed by atoms with van der Waals surface area (Å²) in [6, 6.07) is 8.35. The molecule has 0 bridgehead atoms. The van der Waals surface area contributed by atoms with E-state index in [9.17, 15) is 21.6 Å². The Labute approximate surface area is 176 Å². The van der Waals surface area contributed by atoms with Crippen molar-refractivity contribution in [2.24, 2.45) is 16.1 Å². The molecule has 0 aliphatic carbocycles. The molecule has 0 amide bonds. The Hall–Kier alpha value is -2.63. The lowest BCUT2D eigenvalue weighted by Crippen LogP contribution is -2.38. The number of hydrogen-bond acceptors (Lipinski definition) is 6. The lowest BCUT2D eigenvalue weighted by molar-refractivity contribution is -0.274. The third kappa shape index (κ3) is 6.44. The number of rotatable bonds is 8. The lowest BCUT2D eigenvalue weighted by atomic mass is 10.1. The van der Waals surface area contributed by atoms with Crippen LogP contribution in [0.5, 0.6) is 5.75 Å². The SMILES string of the molecule is CN=N/C=C\CCc1ccc(Cl)cc1N(N)S(=O)(=O)c1ccc(OC(F)(F)F)cc1. The molecule has 162 valence electrons. The molecule has 0 unspecified atom stereocenters. The van der Waals surface area contributed by atoms with Crippen molar-refractivity contribution in [2.45, 2.75) is 24.1 Å². The summed E-state index contributed by atoms with van der Waals surface area (Å²) in [5.74, 6) is 5.34. The Morgan fingerprint density at radius 1 is 1.20 bits per heavy atom. The molecule has 2 N–H and O–H groups in total. The number of azo groups is 1. The maximum atomic E-state index is 12.9. The molecule has 7 nitrogen and oxygen atoms in total. The lowest BCUT2D eigenvalue weighted by Gasteiger charge is -2.22. The summed E-state index contributed by atoms with van der Waals surface area (Å²) in [4.78, 5) is -0.311. The Balaban J connectivity index is 2.29. The number of benzene rings is 2. The van der Waals surface area contributed by atoms with Crippen LogP contribution in [-0.4, -0.2) is 21.8 Å². The van der Waals surface area contributed by atoms with Crippen molar-refractivity contribution in [1.29, 1.82) is 0 Å². The number of nitrogens with zero attached hydrogens (tertiary/aromatic N) is 3. The number of hydrazine groups is 1. The van der Waals surface area contributed by atoms with Gasteiger partial charge in [-0.1, -0.05) is 23.7 Å². The van der Waals surface area contributed by atoms with Gasteiger partial charge in [0.15, 0.2) is 0 Å². The fourth-order valence-electron chi connectivity index (χ4n) is 2.44. The third-order valence-electron chi connectivity index (χ3n) is 3.77. The van der Waals surface area contributed by atoms with Gasteiger partial charge in [-0.15, -0.1) is 13.2 Å². The molecule has 0 radical (unpaired) electrons. The number of sulfonamides is 1. The van der Waals surface area contributed by atoms with Gasteiger partial charge in [0.05, 0.1) is 10.6 Å². The number of halogens is 4. The molecule has 0 atom stereocenters. The average molecular weight is 463 g/mol. The first-order valence-corrected chi connectivity index (χ1v) is 10.2. The Bertz CT molecular complexity index is 1030. The molecule has 0 heterocycles. The van der Waals surface area contributed by atoms with E-state index in [1.807, 2.05) is 0 Å². The molecule has 0 spiro atoms. The molecule has 0 saturated carbocycles. The summed E-state index contributed by atoms with van der Waals surface area (Å²) >= 11 is 6.00. The van der Waals surface area contributed by atoms with Gasteiger partial charge in [0.25, 0.3) is 10.0 Å². The zero-order valence-electron chi connectivity index (χ0n) is 15.7. The minimum Gasteiger partial charge on any atom is -0.406 e. The molecule has 0 aliphatic heterocycles. The highest BCUT2D eigenvalue weighted by Gasteiger charge is 2.31. The van der Waals surface area contributed by atoms with Gasteiger partial charge in [-0.05, 0) is 54.8 Å². The van der Waals surface area contributed by atoms with E-state index in [2.05, 4.69) is 15.0 Å². The first-order valence-electron chi connectivity index (χ1n) is 8.43. The molecular formula is C18H18ClF3N4O3S. The second kappa shape index (κ2) is 9.92. The minimum atomic E-state index is -4.89. The zero-order valence-corrected chi connectivity index (χ0v) is 17.2. The maximum absolute atomic E-state index is 12.9. The molecule has 2 rings (SSSR count). The fourth-order valence-corrected chi connectivity index (χ4v) is 3.74. The number of nitrogens with two attached hydrogens (primary N) is 1. The van der Waals surface area contributed by atoms with Crippen LogP contribution in [0.1, 0.15) is 12.0 Å². The van der Waals surface area contributed by atoms with Gasteiger partial charge in [0.2, 0.25) is 0 Å². The third-order valence-corrected chi connectivity index (χ3v) is 5.58. The summed E-state index contributed by atoms with van der Waals surface area (Å²) in [5.41, 5.74) is 0.740. The van der Waals surface area contributed by atoms with E-state index in [0.717, 1.165) is 24.3 Å². The Morgan fingerprint density at radius 3 is 2.47 bits per heavy atom. The first kappa shape index (κ1) is 23.6. The van der Waals surface area contributed by atoms with Gasteiger partial charge in [0.1, 0.15) is 5.75 Å². The van der Waals surface area contributed by atoms with Gasteiger partial charge in [-0.2, -0.15) is 18.6 Å². The van der Waals surface area contributed by atoms with Crippen LogP contribution in [0.3, 0.4) is 0 Å². The first-order chi connectivity index (χ1) is 14.0. The Morgan fingerprint density at radius 2 is 1.87 bits per heavy atom. The summed E-state index contributed by atoms with van der Waals surface area (Å²) in [6.07, 6.45) is -0.658. The summed E-state index contributed by atoms with van der Waals surface area (Å²) in [5, 5.41) is 7.53. The summed E-state index contributed by atoms with van der Waals surface area (Å²) in [7, 11) is -2.74. The van der Waals surface area contributed by atoms with Crippen molar-refractivity contribution >= 4 is 27.3 Å². The van der Waals surface area contributed by atoms with E-state index in [1.54, 1.807) is 18.2 Å². The van der Waals surface area contributed by atoms with E-state index in [1.165, 1.54) is 19.3 Å². The van der Waals surface area contributed by atoms with Gasteiger partial charge in [-0.25, -0.2) is 10.3 Å². The highest BCUT2D eigenvalue weighted by atomic mass is 35.5. The van der Waals surface area contributed by atoms with Gasteiger partial charge in [0, 0.05) is 18.3 Å². The summed E-state index contributed by atoms with van der Waals surface area (Å²) < 4.78 is 66.9. The van der Waals surface area contributed by atoms with E-state index in [0.29, 0.717) is 22.8 Å². The van der Waals surface area contributed by atoms with Crippen molar-refractivity contribution in [1.82, 2.24) is 0 Å². The minimum absolute atomic E-state index is 0.142. The number of ether oxygens (including phenoxy) is 1. The monoisotopic (exact) mass is 462 g/mol. The van der Waals surface area contributed by atoms with Crippen LogP contribution < -0.4 is 15.0 Å². The topological polar surface area (TPSA) is 97.4 Å². The van der Waals surface area contributed by atoms with Crippen molar-refractivity contribution < 1.29 is 26.3 Å². The normalized spacial score (nSPS) is 12.6. The molecule has 0 aromatic heterocycles. The zero-order chi connectivity index (χ0) is 22.4. The van der Waals surface area contributed by atoms with Crippen LogP contribution in [0.2, 0.25) is 5.02 Å². The molecule has 2 aromatic carbocycles. The standard InChI is InChI=1S/C18H18ClF3N4O3S/c1-24-25-11-3-2-4-13-5-6-14(19)12-17(13)26(23)30(27,28)16-9-7-15(8-10-16)29-18(20,21)22/h3,5-12H,2,4,23H2,1H3/b11-3-,25-24?. The number of aryl methyl sites for hydroxylation is 1. The summed E-state index contributed by atoms with van der Waals surface area (Å²) in [6.45, 7) is 0. The largest absolute Gasteiger partial charge is 0.573 e. The van der Waals surface area contributed by atoms with Crippen LogP contribution in [0.4, 0.5) is 18.9 Å². The van der Waals surface area contributed by atoms with E-state index >= 15 is 0 Å². The van der Waals surface area contributed by atoms with E-state index < -0.39 is 22.1 Å². The number of allylic oxidation sites excluding steroid dienone is 1. The van der Waals surface area contributed by atoms with Crippen LogP contribution in [0.25, 0.3) is 0 Å². The highest BCUT2D eigenvalue weighted by molar-refractivity contribution is 7.92. The number of alkyl halides is 3. The predicted molar refractivity (Wildman–Crippen MR) is 107 cm³/mol. The van der Waals surface area contributed by atoms with Gasteiger partial charge < -0.3 is 4.74 Å². The Kier molecular flexibility index (Phi) is 7.82. The van der Waals surface area contributed by atoms with Crippen molar-refractivity contribution in [3.63, 3.8) is 0 Å². The molecule has 0 saturated heterocycles. The molecule has 0 aliphatic rings. The smallest absolute Gasteiger partial charge is 0.406 e. The quantitative estimate of drug-likeness (QED) is 0.345. The molecule has 30 heavy (non-hydrogen) atoms. The van der Waals surface area contributed by atoms with E-state index in [-0.39, 0.29) is 15.6 Å². The van der Waals surface area contributed by atoms with Crippen LogP contribution >= 0.6 is 11.6 Å². The molecule has 0 fully saturated rings. The van der Waals surface area contributed by atoms with Crippen LogP contribution in [0.15, 0.2) is 69.9 Å². The second-order valence-electron chi connectivity index (χ2n) is 5.83. The second-order valence-corrected chi connectivity index (χ2v) is 8.08. The van der Waals surface area contributed by atoms with Crippen LogP contribution in [-0.2, 0) is 16.4 Å². The average Bonchev–Trinajstić information content (AvgIpc) is 2.67. The van der Waals surface area contributed by atoms with Crippen LogP contribution in [0, 0.1) is 0 Å². The molecule has 2 aromatic rings. The molecular weight excluding hydrogens is 445 g/mol. The number of hydrogen-bond donors (Lipinski definition) is 1. The number of anilines is 1. The maximum Gasteiger partial charge on any atom is 0.573 e. The van der Waals surface area contributed by atoms with E-state index in [4.69, 9.17) is 17.4 Å². The van der Waals surface area contributed by atoms with Gasteiger partial charge >= 0.3 is 6.36 Å². The van der Waals surface area contributed by atoms with Crippen molar-refractivity contribution in [3.8, 4) is 5.75 Å². The fraction of sp³-hybridized carbons (Fsp3) is 0.222. The van der Waals surface area contributed by atoms with Crippen molar-refractivity contribution in [2.75, 3.05) is 11.5 Å². The van der Waals surface area contributed by atoms with Gasteiger partial charge in [-0.3, -0.25) is 0 Å². The molecule has 12 heteroatoms. The predicted octanol–water partition coefficient (Wildman–Crippen LogP) is 4.84.